The molecule has 0 fully saturated rings. The number of nitrogens with zero attached hydrogens (tertiary/aromatic N) is 5. The van der Waals surface area contributed by atoms with Crippen molar-refractivity contribution in [1.29, 1.82) is 0 Å². The molecule has 31 heavy (non-hydrogen) atoms. The van der Waals surface area contributed by atoms with Crippen LogP contribution >= 0.6 is 0 Å². The van der Waals surface area contributed by atoms with Crippen LogP contribution < -0.4 is 15.4 Å². The molecule has 0 unspecified atom stereocenters. The smallest absolute Gasteiger partial charge is 0.246 e. The Balaban J connectivity index is 1.68. The van der Waals surface area contributed by atoms with Gasteiger partial charge in [0, 0.05) is 25.5 Å². The maximum atomic E-state index is 12.5. The average molecular weight is 446 g/mol. The third-order valence-corrected chi connectivity index (χ3v) is 6.29. The molecule has 0 aliphatic rings. The van der Waals surface area contributed by atoms with Crippen LogP contribution in [-0.2, 0) is 14.8 Å². The molecule has 0 radical (unpaired) electrons. The molecule has 3 aromatic rings. The number of sulfonamides is 1. The zero-order valence-electron chi connectivity index (χ0n) is 17.5. The predicted molar refractivity (Wildman–Crippen MR) is 115 cm³/mol. The highest BCUT2D eigenvalue weighted by molar-refractivity contribution is 7.89. The molecular weight excluding hydrogens is 422 g/mol. The molecule has 0 atom stereocenters. The molecule has 164 valence electrons. The number of benzene rings is 2. The first-order valence-corrected chi connectivity index (χ1v) is 10.6. The van der Waals surface area contributed by atoms with Crippen molar-refractivity contribution < 1.29 is 17.9 Å². The van der Waals surface area contributed by atoms with E-state index in [1.807, 2.05) is 25.1 Å². The quantitative estimate of drug-likeness (QED) is 0.530. The lowest BCUT2D eigenvalue weighted by molar-refractivity contribution is -0.114. The number of rotatable bonds is 8. The Kier molecular flexibility index (Phi) is 6.51. The molecule has 0 saturated carbocycles. The van der Waals surface area contributed by atoms with Gasteiger partial charge >= 0.3 is 0 Å². The second-order valence-electron chi connectivity index (χ2n) is 6.81. The van der Waals surface area contributed by atoms with Crippen LogP contribution in [0.3, 0.4) is 0 Å². The first-order valence-electron chi connectivity index (χ1n) is 9.20. The molecule has 0 spiro atoms. The Bertz CT molecular complexity index is 1180. The number of methoxy groups -OCH3 is 1. The summed E-state index contributed by atoms with van der Waals surface area (Å²) in [6.07, 6.45) is 1.50. The van der Waals surface area contributed by atoms with Crippen LogP contribution in [0.2, 0.25) is 0 Å². The van der Waals surface area contributed by atoms with Crippen molar-refractivity contribution in [1.82, 2.24) is 24.5 Å². The minimum absolute atomic E-state index is 0.00847. The van der Waals surface area contributed by atoms with Crippen molar-refractivity contribution in [2.24, 2.45) is 0 Å². The molecule has 12 heteroatoms. The molecule has 0 aliphatic heterocycles. The van der Waals surface area contributed by atoms with E-state index in [0.29, 0.717) is 5.69 Å². The van der Waals surface area contributed by atoms with E-state index in [9.17, 15) is 13.2 Å². The van der Waals surface area contributed by atoms with E-state index in [1.165, 1.54) is 39.7 Å². The van der Waals surface area contributed by atoms with Gasteiger partial charge in [0.1, 0.15) is 17.0 Å². The second kappa shape index (κ2) is 9.10. The van der Waals surface area contributed by atoms with Crippen LogP contribution in [0.15, 0.2) is 47.6 Å². The summed E-state index contributed by atoms with van der Waals surface area (Å²) in [5.41, 5.74) is 2.84. The second-order valence-corrected chi connectivity index (χ2v) is 8.93. The largest absolute Gasteiger partial charge is 0.495 e. The number of nitrogens with one attached hydrogen (secondary N) is 2. The van der Waals surface area contributed by atoms with Gasteiger partial charge in [0.25, 0.3) is 0 Å². The monoisotopic (exact) mass is 445 g/mol. The fourth-order valence-electron chi connectivity index (χ4n) is 2.83. The Hall–Kier alpha value is -3.51. The number of hydrogen-bond acceptors (Lipinski definition) is 8. The fourth-order valence-corrected chi connectivity index (χ4v) is 3.91. The summed E-state index contributed by atoms with van der Waals surface area (Å²) in [4.78, 5) is 12.4. The van der Waals surface area contributed by atoms with E-state index in [4.69, 9.17) is 4.74 Å². The van der Waals surface area contributed by atoms with Crippen molar-refractivity contribution >= 4 is 27.3 Å². The van der Waals surface area contributed by atoms with Gasteiger partial charge in [0.15, 0.2) is 0 Å². The zero-order chi connectivity index (χ0) is 22.6. The highest BCUT2D eigenvalue weighted by atomic mass is 32.2. The lowest BCUT2D eigenvalue weighted by Gasteiger charge is -2.16. The van der Waals surface area contributed by atoms with E-state index in [2.05, 4.69) is 26.2 Å². The number of anilines is 2. The molecule has 3 rings (SSSR count). The number of carbonyl (C=O) groups is 1. The van der Waals surface area contributed by atoms with Crippen LogP contribution in [0.1, 0.15) is 5.56 Å². The summed E-state index contributed by atoms with van der Waals surface area (Å²) in [6, 6.07) is 9.98. The first-order chi connectivity index (χ1) is 14.7. The Labute approximate surface area is 180 Å². The summed E-state index contributed by atoms with van der Waals surface area (Å²) in [7, 11) is 0.507. The van der Waals surface area contributed by atoms with Gasteiger partial charge < -0.3 is 15.4 Å². The molecule has 1 aromatic heterocycles. The minimum atomic E-state index is -3.74. The fraction of sp³-hybridized carbons (Fsp3) is 0.263. The molecule has 0 aliphatic carbocycles. The molecule has 1 amide bonds. The summed E-state index contributed by atoms with van der Waals surface area (Å²) < 4.78 is 32.8. The molecule has 11 nitrogen and oxygen atoms in total. The van der Waals surface area contributed by atoms with Gasteiger partial charge in [-0.05, 0) is 59.3 Å². The Morgan fingerprint density at radius 2 is 1.90 bits per heavy atom. The van der Waals surface area contributed by atoms with Crippen LogP contribution in [-0.4, -0.2) is 66.6 Å². The molecule has 2 aromatic carbocycles. The predicted octanol–water partition coefficient (Wildman–Crippen LogP) is 1.28. The standard InChI is InChI=1S/C19H23N7O4S/c1-13-9-14(5-7-16(13)26-12-21-23-24-26)20-11-19(27)22-15-6-8-17(30-4)18(10-15)31(28,29)25(2)3/h5-10,12,20H,11H2,1-4H3,(H,22,27). The lowest BCUT2D eigenvalue weighted by atomic mass is 10.2. The summed E-state index contributed by atoms with van der Waals surface area (Å²) in [5, 5.41) is 16.8. The SMILES string of the molecule is COc1ccc(NC(=O)CNc2ccc(-n3cnnn3)c(C)c2)cc1S(=O)(=O)N(C)C. The minimum Gasteiger partial charge on any atom is -0.495 e. The lowest BCUT2D eigenvalue weighted by Crippen LogP contribution is -2.24. The van der Waals surface area contributed by atoms with Crippen LogP contribution in [0.5, 0.6) is 5.75 Å². The van der Waals surface area contributed by atoms with Crippen molar-refractivity contribution in [2.45, 2.75) is 11.8 Å². The highest BCUT2D eigenvalue weighted by Gasteiger charge is 2.23. The molecule has 2 N–H and O–H groups in total. The van der Waals surface area contributed by atoms with E-state index >= 15 is 0 Å². The van der Waals surface area contributed by atoms with Crippen LogP contribution in [0, 0.1) is 6.92 Å². The zero-order valence-corrected chi connectivity index (χ0v) is 18.3. The average Bonchev–Trinajstić information content (AvgIpc) is 3.26. The summed E-state index contributed by atoms with van der Waals surface area (Å²) in [6.45, 7) is 1.90. The third-order valence-electron chi connectivity index (χ3n) is 4.45. The number of hydrogen-bond donors (Lipinski definition) is 2. The number of ether oxygens (including phenoxy) is 1. The number of aromatic nitrogens is 4. The van der Waals surface area contributed by atoms with Crippen molar-refractivity contribution in [3.8, 4) is 11.4 Å². The van der Waals surface area contributed by atoms with Crippen LogP contribution in [0.4, 0.5) is 11.4 Å². The number of carbonyl (C=O) groups excluding carboxylic acids is 1. The number of aryl methyl sites for hydroxylation is 1. The normalized spacial score (nSPS) is 11.4. The van der Waals surface area contributed by atoms with Gasteiger partial charge in [-0.15, -0.1) is 5.10 Å². The summed E-state index contributed by atoms with van der Waals surface area (Å²) >= 11 is 0. The van der Waals surface area contributed by atoms with Crippen molar-refractivity contribution in [2.75, 3.05) is 38.4 Å². The van der Waals surface area contributed by atoms with Crippen molar-refractivity contribution in [3.63, 3.8) is 0 Å². The van der Waals surface area contributed by atoms with Gasteiger partial charge in [0.2, 0.25) is 15.9 Å². The van der Waals surface area contributed by atoms with Gasteiger partial charge in [-0.3, -0.25) is 4.79 Å². The summed E-state index contributed by atoms with van der Waals surface area (Å²) in [5.74, 6) is -0.136. The van der Waals surface area contributed by atoms with Gasteiger partial charge in [0.05, 0.1) is 19.3 Å². The van der Waals surface area contributed by atoms with Gasteiger partial charge in [-0.1, -0.05) is 0 Å². The Morgan fingerprint density at radius 3 is 2.52 bits per heavy atom. The van der Waals surface area contributed by atoms with E-state index in [-0.39, 0.29) is 23.1 Å². The molecule has 0 saturated heterocycles. The Morgan fingerprint density at radius 1 is 1.16 bits per heavy atom. The first kappa shape index (κ1) is 22.2. The number of amides is 1. The highest BCUT2D eigenvalue weighted by Crippen LogP contribution is 2.28. The molecular formula is C19H23N7O4S. The van der Waals surface area contributed by atoms with E-state index in [0.717, 1.165) is 21.2 Å². The van der Waals surface area contributed by atoms with Gasteiger partial charge in [-0.25, -0.2) is 17.4 Å². The van der Waals surface area contributed by atoms with Crippen molar-refractivity contribution in [3.05, 3.63) is 48.3 Å². The van der Waals surface area contributed by atoms with E-state index in [1.54, 1.807) is 10.7 Å². The van der Waals surface area contributed by atoms with Crippen LogP contribution in [0.25, 0.3) is 5.69 Å². The third kappa shape index (κ3) is 4.98. The van der Waals surface area contributed by atoms with E-state index < -0.39 is 10.0 Å². The maximum absolute atomic E-state index is 12.5. The molecule has 0 bridgehead atoms. The topological polar surface area (TPSA) is 131 Å². The van der Waals surface area contributed by atoms with Gasteiger partial charge in [-0.2, -0.15) is 0 Å². The molecule has 1 heterocycles. The number of tetrazole rings is 1. The maximum Gasteiger partial charge on any atom is 0.246 e.